The van der Waals surface area contributed by atoms with Crippen molar-refractivity contribution in [1.29, 1.82) is 0 Å². The molecule has 3 rings (SSSR count). The van der Waals surface area contributed by atoms with Crippen molar-refractivity contribution in [3.05, 3.63) is 78.3 Å². The summed E-state index contributed by atoms with van der Waals surface area (Å²) in [4.78, 5) is 22.5. The van der Waals surface area contributed by atoms with E-state index in [4.69, 9.17) is 39.2 Å². The summed E-state index contributed by atoms with van der Waals surface area (Å²) in [7, 11) is 0. The van der Waals surface area contributed by atoms with E-state index in [0.717, 1.165) is 5.56 Å². The molecule has 0 aliphatic rings. The highest BCUT2D eigenvalue weighted by Gasteiger charge is 2.24. The van der Waals surface area contributed by atoms with Gasteiger partial charge in [0, 0.05) is 6.54 Å². The predicted octanol–water partition coefficient (Wildman–Crippen LogP) is 4.63. The molecule has 1 N–H and O–H groups in total. The standard InChI is InChI=1S/C17H13Cl3N4O4/c1-9-15(20)16(24(26)27)22-23(9)8-11-3-5-14(28-11)17(25)21-7-10-2-4-12(18)13(19)6-10/h2-6H,7-8H2,1H3,(H,21,25). The zero-order valence-corrected chi connectivity index (χ0v) is 16.7. The van der Waals surface area contributed by atoms with E-state index in [9.17, 15) is 14.9 Å². The minimum absolute atomic E-state index is 0.0313. The Morgan fingerprint density at radius 2 is 2.00 bits per heavy atom. The summed E-state index contributed by atoms with van der Waals surface area (Å²) in [5.74, 6) is -0.346. The average Bonchev–Trinajstić information content (AvgIpc) is 3.23. The van der Waals surface area contributed by atoms with Crippen LogP contribution in [-0.2, 0) is 13.1 Å². The molecule has 2 aromatic heterocycles. The van der Waals surface area contributed by atoms with Crippen LogP contribution in [0.3, 0.4) is 0 Å². The number of amides is 1. The first-order chi connectivity index (χ1) is 13.3. The second-order valence-corrected chi connectivity index (χ2v) is 7.03. The van der Waals surface area contributed by atoms with Crippen molar-refractivity contribution in [2.24, 2.45) is 0 Å². The number of furan rings is 1. The molecule has 0 aliphatic carbocycles. The molecule has 146 valence electrons. The van der Waals surface area contributed by atoms with Crippen molar-refractivity contribution in [1.82, 2.24) is 15.1 Å². The van der Waals surface area contributed by atoms with Crippen LogP contribution in [0.2, 0.25) is 15.1 Å². The van der Waals surface area contributed by atoms with Crippen molar-refractivity contribution in [2.75, 3.05) is 0 Å². The normalized spacial score (nSPS) is 10.9. The van der Waals surface area contributed by atoms with Crippen LogP contribution in [0.25, 0.3) is 0 Å². The molecule has 0 saturated heterocycles. The number of nitrogens with zero attached hydrogens (tertiary/aromatic N) is 3. The van der Waals surface area contributed by atoms with E-state index in [1.54, 1.807) is 31.2 Å². The van der Waals surface area contributed by atoms with Crippen LogP contribution >= 0.6 is 34.8 Å². The van der Waals surface area contributed by atoms with Crippen LogP contribution in [0.4, 0.5) is 5.82 Å². The molecule has 1 amide bonds. The number of hydrogen-bond acceptors (Lipinski definition) is 5. The summed E-state index contributed by atoms with van der Waals surface area (Å²) in [5, 5.41) is 18.3. The number of carbonyl (C=O) groups excluding carboxylic acids is 1. The molecule has 1 aromatic carbocycles. The van der Waals surface area contributed by atoms with Gasteiger partial charge in [0.2, 0.25) is 0 Å². The highest BCUT2D eigenvalue weighted by atomic mass is 35.5. The number of halogens is 3. The lowest BCUT2D eigenvalue weighted by molar-refractivity contribution is -0.389. The van der Waals surface area contributed by atoms with E-state index in [0.29, 0.717) is 21.5 Å². The third-order valence-electron chi connectivity index (χ3n) is 3.92. The third kappa shape index (κ3) is 4.30. The molecule has 0 aliphatic heterocycles. The number of benzene rings is 1. The van der Waals surface area contributed by atoms with Gasteiger partial charge in [0.25, 0.3) is 5.91 Å². The molecule has 8 nitrogen and oxygen atoms in total. The Kier molecular flexibility index (Phi) is 5.93. The van der Waals surface area contributed by atoms with Gasteiger partial charge in [0.05, 0.1) is 20.8 Å². The van der Waals surface area contributed by atoms with Gasteiger partial charge < -0.3 is 19.8 Å². The van der Waals surface area contributed by atoms with Gasteiger partial charge >= 0.3 is 5.82 Å². The lowest BCUT2D eigenvalue weighted by atomic mass is 10.2. The first-order valence-corrected chi connectivity index (χ1v) is 9.07. The molecule has 0 unspecified atom stereocenters. The van der Waals surface area contributed by atoms with Crippen molar-refractivity contribution in [3.63, 3.8) is 0 Å². The first-order valence-electron chi connectivity index (χ1n) is 7.94. The molecule has 3 aromatic rings. The first kappa shape index (κ1) is 20.2. The molecular formula is C17H13Cl3N4O4. The molecule has 0 fully saturated rings. The van der Waals surface area contributed by atoms with E-state index < -0.39 is 16.6 Å². The van der Waals surface area contributed by atoms with Gasteiger partial charge in [-0.25, -0.2) is 0 Å². The monoisotopic (exact) mass is 442 g/mol. The lowest BCUT2D eigenvalue weighted by Crippen LogP contribution is -2.22. The van der Waals surface area contributed by atoms with Gasteiger partial charge in [-0.1, -0.05) is 40.9 Å². The summed E-state index contributed by atoms with van der Waals surface area (Å²) >= 11 is 17.7. The number of carbonyl (C=O) groups is 1. The van der Waals surface area contributed by atoms with Crippen LogP contribution in [0.1, 0.15) is 27.6 Å². The zero-order chi connectivity index (χ0) is 20.4. The maximum Gasteiger partial charge on any atom is 0.408 e. The average molecular weight is 444 g/mol. The molecule has 0 radical (unpaired) electrons. The molecular weight excluding hydrogens is 431 g/mol. The summed E-state index contributed by atoms with van der Waals surface area (Å²) in [6.45, 7) is 1.95. The molecule has 11 heteroatoms. The van der Waals surface area contributed by atoms with Crippen LogP contribution in [0.5, 0.6) is 0 Å². The van der Waals surface area contributed by atoms with E-state index in [2.05, 4.69) is 10.4 Å². The Bertz CT molecular complexity index is 1060. The van der Waals surface area contributed by atoms with Gasteiger partial charge in [-0.05, 0) is 41.7 Å². The van der Waals surface area contributed by atoms with Crippen LogP contribution in [0, 0.1) is 17.0 Å². The molecule has 0 saturated carbocycles. The van der Waals surface area contributed by atoms with Gasteiger partial charge in [-0.3, -0.25) is 4.79 Å². The Hall–Kier alpha value is -2.55. The Morgan fingerprint density at radius 3 is 2.64 bits per heavy atom. The van der Waals surface area contributed by atoms with Gasteiger partial charge in [-0.2, -0.15) is 4.68 Å². The molecule has 0 bridgehead atoms. The number of nitrogens with one attached hydrogen (secondary N) is 1. The molecule has 2 heterocycles. The molecule has 0 atom stereocenters. The summed E-state index contributed by atoms with van der Waals surface area (Å²) in [6, 6.07) is 8.16. The summed E-state index contributed by atoms with van der Waals surface area (Å²) in [6.07, 6.45) is 0. The minimum atomic E-state index is -0.657. The van der Waals surface area contributed by atoms with Crippen LogP contribution in [-0.4, -0.2) is 20.6 Å². The largest absolute Gasteiger partial charge is 0.454 e. The van der Waals surface area contributed by atoms with E-state index >= 15 is 0 Å². The fourth-order valence-electron chi connectivity index (χ4n) is 2.43. The van der Waals surface area contributed by atoms with Crippen molar-refractivity contribution in [3.8, 4) is 0 Å². The quantitative estimate of drug-likeness (QED) is 0.442. The number of hydrogen-bond donors (Lipinski definition) is 1. The summed E-state index contributed by atoms with van der Waals surface area (Å²) < 4.78 is 6.86. The van der Waals surface area contributed by atoms with E-state index in [1.807, 2.05) is 0 Å². The number of nitro groups is 1. The van der Waals surface area contributed by atoms with Crippen molar-refractivity contribution >= 4 is 46.5 Å². The highest BCUT2D eigenvalue weighted by molar-refractivity contribution is 6.42. The number of aromatic nitrogens is 2. The van der Waals surface area contributed by atoms with Gasteiger partial charge in [-0.15, -0.1) is 0 Å². The topological polar surface area (TPSA) is 103 Å². The second kappa shape index (κ2) is 8.22. The molecule has 28 heavy (non-hydrogen) atoms. The predicted molar refractivity (Wildman–Crippen MR) is 104 cm³/mol. The lowest BCUT2D eigenvalue weighted by Gasteiger charge is -2.05. The van der Waals surface area contributed by atoms with Gasteiger partial charge in [0.15, 0.2) is 10.8 Å². The van der Waals surface area contributed by atoms with Crippen LogP contribution < -0.4 is 5.32 Å². The molecule has 0 spiro atoms. The zero-order valence-electron chi connectivity index (χ0n) is 14.4. The van der Waals surface area contributed by atoms with E-state index in [1.165, 1.54) is 10.7 Å². The Balaban J connectivity index is 1.66. The van der Waals surface area contributed by atoms with Gasteiger partial charge in [0.1, 0.15) is 12.3 Å². The summed E-state index contributed by atoms with van der Waals surface area (Å²) in [5.41, 5.74) is 1.21. The fraction of sp³-hybridized carbons (Fsp3) is 0.176. The van der Waals surface area contributed by atoms with E-state index in [-0.39, 0.29) is 23.9 Å². The Labute approximate surface area is 174 Å². The highest BCUT2D eigenvalue weighted by Crippen LogP contribution is 2.27. The third-order valence-corrected chi connectivity index (χ3v) is 5.10. The SMILES string of the molecule is Cc1c(Cl)c([N+](=O)[O-])nn1Cc1ccc(C(=O)NCc2ccc(Cl)c(Cl)c2)o1. The van der Waals surface area contributed by atoms with Crippen molar-refractivity contribution < 1.29 is 14.1 Å². The fourth-order valence-corrected chi connectivity index (χ4v) is 2.96. The smallest absolute Gasteiger partial charge is 0.408 e. The Morgan fingerprint density at radius 1 is 1.25 bits per heavy atom. The minimum Gasteiger partial charge on any atom is -0.454 e. The maximum absolute atomic E-state index is 12.3. The number of rotatable bonds is 6. The maximum atomic E-state index is 12.3. The second-order valence-electron chi connectivity index (χ2n) is 5.83. The van der Waals surface area contributed by atoms with Crippen LogP contribution in [0.15, 0.2) is 34.7 Å². The van der Waals surface area contributed by atoms with Crippen molar-refractivity contribution in [2.45, 2.75) is 20.0 Å².